The zero-order valence-corrected chi connectivity index (χ0v) is 15.8. The minimum atomic E-state index is -0.00211. The predicted molar refractivity (Wildman–Crippen MR) is 97.3 cm³/mol. The zero-order chi connectivity index (χ0) is 15.0. The van der Waals surface area contributed by atoms with Crippen LogP contribution in [0.1, 0.15) is 46.4 Å². The fraction of sp³-hybridized carbons (Fsp3) is 0.333. The third-order valence-electron chi connectivity index (χ3n) is 4.34. The van der Waals surface area contributed by atoms with Crippen molar-refractivity contribution in [1.29, 1.82) is 0 Å². The fourth-order valence-corrected chi connectivity index (χ4v) is 4.82. The highest BCUT2D eigenvalue weighted by Gasteiger charge is 2.28. The summed E-state index contributed by atoms with van der Waals surface area (Å²) in [5.74, 6) is 0.391. The summed E-state index contributed by atoms with van der Waals surface area (Å²) in [5.41, 5.74) is 5.28. The number of aryl methyl sites for hydroxylation is 2. The smallest absolute Gasteiger partial charge is 0.0665 e. The number of benzene rings is 2. The van der Waals surface area contributed by atoms with E-state index in [-0.39, 0.29) is 5.38 Å². The van der Waals surface area contributed by atoms with Crippen LogP contribution in [0.3, 0.4) is 0 Å². The minimum Gasteiger partial charge on any atom is -0.117 e. The second-order valence-corrected chi connectivity index (χ2v) is 7.90. The highest BCUT2D eigenvalue weighted by atomic mass is 79.9. The summed E-state index contributed by atoms with van der Waals surface area (Å²) >= 11 is 14.2. The largest absolute Gasteiger partial charge is 0.117 e. The molecule has 1 aliphatic rings. The fourth-order valence-electron chi connectivity index (χ4n) is 3.19. The standard InChI is InChI=1S/C18H17Br2Cl/c1-11-9-17(20)15(10-16(11)19)18(21)14-8-4-6-12-5-2-3-7-13(12)14/h2-3,5,7,9-10,14,18H,4,6,8H2,1H3. The second kappa shape index (κ2) is 6.44. The Labute approximate surface area is 148 Å². The van der Waals surface area contributed by atoms with Crippen LogP contribution in [0.4, 0.5) is 0 Å². The van der Waals surface area contributed by atoms with E-state index in [0.717, 1.165) is 15.4 Å². The summed E-state index contributed by atoms with van der Waals surface area (Å²) in [5, 5.41) is -0.00211. The summed E-state index contributed by atoms with van der Waals surface area (Å²) in [4.78, 5) is 0. The van der Waals surface area contributed by atoms with Crippen LogP contribution in [0, 0.1) is 6.92 Å². The molecule has 0 N–H and O–H groups in total. The van der Waals surface area contributed by atoms with Crippen LogP contribution < -0.4 is 0 Å². The third-order valence-corrected chi connectivity index (χ3v) is 6.42. The molecular formula is C18H17Br2Cl. The van der Waals surface area contributed by atoms with E-state index in [1.54, 1.807) is 0 Å². The molecule has 0 saturated carbocycles. The Balaban J connectivity index is 2.00. The van der Waals surface area contributed by atoms with E-state index < -0.39 is 0 Å². The van der Waals surface area contributed by atoms with Gasteiger partial charge in [-0.15, -0.1) is 11.6 Å². The van der Waals surface area contributed by atoms with Gasteiger partial charge in [-0.05, 0) is 60.6 Å². The van der Waals surface area contributed by atoms with Crippen molar-refractivity contribution in [3.05, 3.63) is 67.6 Å². The van der Waals surface area contributed by atoms with Crippen LogP contribution >= 0.6 is 43.5 Å². The Kier molecular flexibility index (Phi) is 4.78. The Hall–Kier alpha value is -0.310. The number of fused-ring (bicyclic) bond motifs is 1. The van der Waals surface area contributed by atoms with Gasteiger partial charge in [0.15, 0.2) is 0 Å². The van der Waals surface area contributed by atoms with Crippen LogP contribution in [0.15, 0.2) is 45.3 Å². The van der Waals surface area contributed by atoms with Crippen molar-refractivity contribution in [3.8, 4) is 0 Å². The molecule has 0 aromatic heterocycles. The molecule has 0 spiro atoms. The van der Waals surface area contributed by atoms with Gasteiger partial charge in [-0.2, -0.15) is 0 Å². The van der Waals surface area contributed by atoms with Gasteiger partial charge in [0, 0.05) is 14.9 Å². The normalized spacial score (nSPS) is 19.1. The average molecular weight is 429 g/mol. The van der Waals surface area contributed by atoms with Gasteiger partial charge in [-0.3, -0.25) is 0 Å². The van der Waals surface area contributed by atoms with E-state index in [9.17, 15) is 0 Å². The zero-order valence-electron chi connectivity index (χ0n) is 11.9. The maximum absolute atomic E-state index is 6.89. The van der Waals surface area contributed by atoms with E-state index in [4.69, 9.17) is 11.6 Å². The average Bonchev–Trinajstić information content (AvgIpc) is 2.49. The molecule has 3 rings (SSSR count). The van der Waals surface area contributed by atoms with Crippen LogP contribution in [-0.4, -0.2) is 0 Å². The van der Waals surface area contributed by atoms with E-state index in [0.29, 0.717) is 5.92 Å². The molecule has 0 aliphatic heterocycles. The van der Waals surface area contributed by atoms with Crippen molar-refractivity contribution < 1.29 is 0 Å². The van der Waals surface area contributed by atoms with Crippen molar-refractivity contribution in [1.82, 2.24) is 0 Å². The van der Waals surface area contributed by atoms with E-state index in [2.05, 4.69) is 75.2 Å². The molecule has 0 saturated heterocycles. The number of hydrogen-bond acceptors (Lipinski definition) is 0. The van der Waals surface area contributed by atoms with E-state index in [1.165, 1.54) is 35.1 Å². The number of hydrogen-bond donors (Lipinski definition) is 0. The van der Waals surface area contributed by atoms with Crippen molar-refractivity contribution in [2.45, 2.75) is 37.5 Å². The summed E-state index contributed by atoms with van der Waals surface area (Å²) in [7, 11) is 0. The number of alkyl halides is 1. The van der Waals surface area contributed by atoms with Crippen molar-refractivity contribution in [2.24, 2.45) is 0 Å². The van der Waals surface area contributed by atoms with Gasteiger partial charge >= 0.3 is 0 Å². The number of halogens is 3. The Bertz CT molecular complexity index is 666. The lowest BCUT2D eigenvalue weighted by molar-refractivity contribution is 0.538. The van der Waals surface area contributed by atoms with Gasteiger partial charge in [0.1, 0.15) is 0 Å². The molecule has 0 radical (unpaired) electrons. The maximum atomic E-state index is 6.89. The summed E-state index contributed by atoms with van der Waals surface area (Å²) < 4.78 is 2.22. The molecule has 0 heterocycles. The van der Waals surface area contributed by atoms with Crippen LogP contribution in [0.2, 0.25) is 0 Å². The first kappa shape index (κ1) is 15.6. The molecule has 0 nitrogen and oxygen atoms in total. The van der Waals surface area contributed by atoms with Crippen molar-refractivity contribution in [3.63, 3.8) is 0 Å². The lowest BCUT2D eigenvalue weighted by Gasteiger charge is -2.30. The first-order chi connectivity index (χ1) is 10.1. The van der Waals surface area contributed by atoms with Crippen molar-refractivity contribution >= 4 is 43.5 Å². The first-order valence-electron chi connectivity index (χ1n) is 7.25. The van der Waals surface area contributed by atoms with E-state index >= 15 is 0 Å². The Morgan fingerprint density at radius 1 is 1.14 bits per heavy atom. The molecule has 3 heteroatoms. The molecule has 110 valence electrons. The topological polar surface area (TPSA) is 0 Å². The van der Waals surface area contributed by atoms with Crippen LogP contribution in [-0.2, 0) is 6.42 Å². The molecule has 2 aromatic rings. The van der Waals surface area contributed by atoms with Gasteiger partial charge in [-0.25, -0.2) is 0 Å². The first-order valence-corrected chi connectivity index (χ1v) is 9.27. The Morgan fingerprint density at radius 3 is 2.71 bits per heavy atom. The second-order valence-electron chi connectivity index (χ2n) is 5.72. The maximum Gasteiger partial charge on any atom is 0.0665 e. The lowest BCUT2D eigenvalue weighted by Crippen LogP contribution is -2.14. The monoisotopic (exact) mass is 426 g/mol. The summed E-state index contributed by atoms with van der Waals surface area (Å²) in [6.07, 6.45) is 3.55. The van der Waals surface area contributed by atoms with E-state index in [1.807, 2.05) is 0 Å². The van der Waals surface area contributed by atoms with Crippen LogP contribution in [0.25, 0.3) is 0 Å². The molecule has 2 unspecified atom stereocenters. The molecule has 2 aromatic carbocycles. The lowest BCUT2D eigenvalue weighted by atomic mass is 9.79. The van der Waals surface area contributed by atoms with Gasteiger partial charge in [-0.1, -0.05) is 56.1 Å². The molecule has 2 atom stereocenters. The number of rotatable bonds is 2. The third kappa shape index (κ3) is 3.09. The van der Waals surface area contributed by atoms with Gasteiger partial charge in [0.05, 0.1) is 5.38 Å². The quantitative estimate of drug-likeness (QED) is 0.456. The minimum absolute atomic E-state index is 0.00211. The molecule has 1 aliphatic carbocycles. The Morgan fingerprint density at radius 2 is 1.90 bits per heavy atom. The van der Waals surface area contributed by atoms with Gasteiger partial charge < -0.3 is 0 Å². The summed E-state index contributed by atoms with van der Waals surface area (Å²) in [6, 6.07) is 13.0. The van der Waals surface area contributed by atoms with Crippen molar-refractivity contribution in [2.75, 3.05) is 0 Å². The molecule has 0 fully saturated rings. The predicted octanol–water partition coefficient (Wildman–Crippen LogP) is 6.92. The molecule has 0 amide bonds. The summed E-state index contributed by atoms with van der Waals surface area (Å²) in [6.45, 7) is 2.10. The van der Waals surface area contributed by atoms with Crippen LogP contribution in [0.5, 0.6) is 0 Å². The molecular weight excluding hydrogens is 411 g/mol. The van der Waals surface area contributed by atoms with Gasteiger partial charge in [0.2, 0.25) is 0 Å². The molecule has 0 bridgehead atoms. The molecule has 21 heavy (non-hydrogen) atoms. The highest BCUT2D eigenvalue weighted by Crippen LogP contribution is 2.46. The SMILES string of the molecule is Cc1cc(Br)c(C(Cl)C2CCCc3ccccc32)cc1Br. The van der Waals surface area contributed by atoms with Gasteiger partial charge in [0.25, 0.3) is 0 Å². The highest BCUT2D eigenvalue weighted by molar-refractivity contribution is 9.11.